The van der Waals surface area contributed by atoms with Crippen molar-refractivity contribution < 1.29 is 24.0 Å². The lowest BCUT2D eigenvalue weighted by Crippen LogP contribution is -2.52. The van der Waals surface area contributed by atoms with Crippen LogP contribution in [-0.4, -0.2) is 47.1 Å². The molecule has 10 heteroatoms. The summed E-state index contributed by atoms with van der Waals surface area (Å²) in [6, 6.07) is 13.0. The second kappa shape index (κ2) is 9.74. The van der Waals surface area contributed by atoms with Gasteiger partial charge in [0, 0.05) is 31.6 Å². The molecular weight excluding hydrogens is 438 g/mol. The lowest BCUT2D eigenvalue weighted by molar-refractivity contribution is -0.137. The summed E-state index contributed by atoms with van der Waals surface area (Å²) in [6.07, 6.45) is 0.495. The van der Waals surface area contributed by atoms with Gasteiger partial charge < -0.3 is 21.3 Å². The molecule has 2 heterocycles. The van der Waals surface area contributed by atoms with E-state index in [1.54, 1.807) is 24.3 Å². The van der Waals surface area contributed by atoms with E-state index in [0.29, 0.717) is 12.0 Å². The van der Waals surface area contributed by atoms with Gasteiger partial charge in [0.1, 0.15) is 6.04 Å². The van der Waals surface area contributed by atoms with E-state index in [-0.39, 0.29) is 43.8 Å². The summed E-state index contributed by atoms with van der Waals surface area (Å²) < 4.78 is 0. The van der Waals surface area contributed by atoms with Crippen molar-refractivity contribution in [2.75, 3.05) is 6.54 Å². The number of urea groups is 1. The van der Waals surface area contributed by atoms with E-state index in [1.807, 2.05) is 24.3 Å². The molecule has 0 aromatic heterocycles. The van der Waals surface area contributed by atoms with Crippen LogP contribution < -0.4 is 21.7 Å². The number of hydrogen-bond acceptors (Lipinski definition) is 5. The topological polar surface area (TPSA) is 151 Å². The van der Waals surface area contributed by atoms with Gasteiger partial charge in [-0.1, -0.05) is 42.5 Å². The van der Waals surface area contributed by atoms with Gasteiger partial charge in [0.25, 0.3) is 5.91 Å². The number of amides is 6. The molecule has 2 aromatic carbocycles. The number of carbonyl (C=O) groups excluding carboxylic acids is 5. The summed E-state index contributed by atoms with van der Waals surface area (Å²) in [4.78, 5) is 62.0. The number of primary amides is 1. The van der Waals surface area contributed by atoms with E-state index in [9.17, 15) is 24.0 Å². The standard InChI is InChI=1S/C24H25N5O5/c25-24(34)27-12-18(15-4-2-1-3-5-15)21(31)26-11-14-6-7-17-16(10-14)13-29(23(17)33)19-8-9-20(30)28-22(19)32/h1-7,10,18-19H,8-9,11-13H2,(H,26,31)(H3,25,27,34)(H,28,30,32). The molecule has 34 heavy (non-hydrogen) atoms. The van der Waals surface area contributed by atoms with E-state index in [1.165, 1.54) is 4.90 Å². The minimum Gasteiger partial charge on any atom is -0.352 e. The quantitative estimate of drug-likeness (QED) is 0.441. The average Bonchev–Trinajstić information content (AvgIpc) is 3.14. The number of nitrogens with zero attached hydrogens (tertiary/aromatic N) is 1. The van der Waals surface area contributed by atoms with Crippen LogP contribution in [0.15, 0.2) is 48.5 Å². The second-order valence-electron chi connectivity index (χ2n) is 8.32. The maximum Gasteiger partial charge on any atom is 0.312 e. The molecule has 2 atom stereocenters. The van der Waals surface area contributed by atoms with Crippen molar-refractivity contribution in [2.45, 2.75) is 37.9 Å². The number of hydrogen-bond donors (Lipinski definition) is 4. The maximum absolute atomic E-state index is 12.9. The van der Waals surface area contributed by atoms with Crippen LogP contribution in [0.2, 0.25) is 0 Å². The Morgan fingerprint density at radius 3 is 2.56 bits per heavy atom. The molecule has 2 aliphatic heterocycles. The van der Waals surface area contributed by atoms with E-state index >= 15 is 0 Å². The monoisotopic (exact) mass is 463 g/mol. The Kier molecular flexibility index (Phi) is 6.58. The fourth-order valence-electron chi connectivity index (χ4n) is 4.30. The first-order valence-electron chi connectivity index (χ1n) is 11.0. The van der Waals surface area contributed by atoms with Crippen molar-refractivity contribution in [3.05, 3.63) is 70.8 Å². The predicted octanol–water partition coefficient (Wildman–Crippen LogP) is 0.516. The maximum atomic E-state index is 12.9. The highest BCUT2D eigenvalue weighted by Gasteiger charge is 2.39. The Hall–Kier alpha value is -4.21. The zero-order chi connectivity index (χ0) is 24.2. The highest BCUT2D eigenvalue weighted by Crippen LogP contribution is 2.28. The molecule has 0 aliphatic carbocycles. The van der Waals surface area contributed by atoms with Gasteiger partial charge in [-0.3, -0.25) is 24.5 Å². The number of carbonyl (C=O) groups is 5. The molecule has 0 saturated carbocycles. The van der Waals surface area contributed by atoms with Gasteiger partial charge in [-0.15, -0.1) is 0 Å². The number of piperidine rings is 1. The minimum absolute atomic E-state index is 0.0603. The Labute approximate surface area is 195 Å². The van der Waals surface area contributed by atoms with Crippen molar-refractivity contribution in [1.29, 1.82) is 0 Å². The molecule has 1 fully saturated rings. The molecule has 2 unspecified atom stereocenters. The molecule has 0 spiro atoms. The Balaban J connectivity index is 1.42. The third kappa shape index (κ3) is 4.90. The average molecular weight is 463 g/mol. The Bertz CT molecular complexity index is 1150. The fraction of sp³-hybridized carbons (Fsp3) is 0.292. The van der Waals surface area contributed by atoms with Crippen LogP contribution in [0.25, 0.3) is 0 Å². The molecule has 1 saturated heterocycles. The summed E-state index contributed by atoms with van der Waals surface area (Å²) in [5, 5.41) is 7.65. The largest absolute Gasteiger partial charge is 0.352 e. The molecule has 6 amide bonds. The normalized spacial score (nSPS) is 18.2. The van der Waals surface area contributed by atoms with Crippen LogP contribution >= 0.6 is 0 Å². The van der Waals surface area contributed by atoms with Crippen molar-refractivity contribution in [3.63, 3.8) is 0 Å². The van der Waals surface area contributed by atoms with Gasteiger partial charge in [-0.25, -0.2) is 4.79 Å². The fourth-order valence-corrected chi connectivity index (χ4v) is 4.30. The van der Waals surface area contributed by atoms with Gasteiger partial charge in [0.15, 0.2) is 0 Å². The molecule has 176 valence electrons. The molecule has 4 rings (SSSR count). The number of rotatable bonds is 7. The number of imide groups is 1. The first-order chi connectivity index (χ1) is 16.3. The third-order valence-electron chi connectivity index (χ3n) is 6.05. The van der Waals surface area contributed by atoms with Crippen molar-refractivity contribution >= 4 is 29.7 Å². The SMILES string of the molecule is NC(=O)NCC(C(=O)NCc1ccc2c(c1)CN(C1CCC(=O)NC1=O)C2=O)c1ccccc1. The molecular formula is C24H25N5O5. The summed E-state index contributed by atoms with van der Waals surface area (Å²) in [5.74, 6) is -1.93. The lowest BCUT2D eigenvalue weighted by Gasteiger charge is -2.29. The van der Waals surface area contributed by atoms with Crippen molar-refractivity contribution in [3.8, 4) is 0 Å². The van der Waals surface area contributed by atoms with Crippen LogP contribution in [0.4, 0.5) is 4.79 Å². The molecule has 10 nitrogen and oxygen atoms in total. The van der Waals surface area contributed by atoms with Crippen molar-refractivity contribution in [1.82, 2.24) is 20.9 Å². The summed E-state index contributed by atoms with van der Waals surface area (Å²) >= 11 is 0. The Morgan fingerprint density at radius 1 is 1.09 bits per heavy atom. The van der Waals surface area contributed by atoms with Gasteiger partial charge in [0.05, 0.1) is 5.92 Å². The van der Waals surface area contributed by atoms with Crippen LogP contribution in [0.5, 0.6) is 0 Å². The minimum atomic E-state index is -0.711. The molecule has 2 aromatic rings. The van der Waals surface area contributed by atoms with Crippen LogP contribution in [0, 0.1) is 0 Å². The van der Waals surface area contributed by atoms with Crippen LogP contribution in [0.3, 0.4) is 0 Å². The zero-order valence-corrected chi connectivity index (χ0v) is 18.4. The third-order valence-corrected chi connectivity index (χ3v) is 6.05. The van der Waals surface area contributed by atoms with Gasteiger partial charge in [0.2, 0.25) is 17.7 Å². The first kappa shape index (κ1) is 23.0. The van der Waals surface area contributed by atoms with Crippen molar-refractivity contribution in [2.24, 2.45) is 5.73 Å². The summed E-state index contributed by atoms with van der Waals surface area (Å²) in [5.41, 5.74) is 7.98. The summed E-state index contributed by atoms with van der Waals surface area (Å²) in [7, 11) is 0. The molecule has 2 aliphatic rings. The van der Waals surface area contributed by atoms with Gasteiger partial charge >= 0.3 is 6.03 Å². The number of nitrogens with one attached hydrogen (secondary N) is 3. The number of benzene rings is 2. The first-order valence-corrected chi connectivity index (χ1v) is 11.0. The van der Waals surface area contributed by atoms with E-state index in [0.717, 1.165) is 16.7 Å². The van der Waals surface area contributed by atoms with E-state index in [4.69, 9.17) is 5.73 Å². The molecule has 0 bridgehead atoms. The molecule has 5 N–H and O–H groups in total. The van der Waals surface area contributed by atoms with Gasteiger partial charge in [-0.2, -0.15) is 0 Å². The second-order valence-corrected chi connectivity index (χ2v) is 8.32. The Morgan fingerprint density at radius 2 is 1.85 bits per heavy atom. The van der Waals surface area contributed by atoms with E-state index in [2.05, 4.69) is 16.0 Å². The lowest BCUT2D eigenvalue weighted by atomic mass is 9.98. The van der Waals surface area contributed by atoms with E-state index < -0.39 is 23.9 Å². The zero-order valence-electron chi connectivity index (χ0n) is 18.4. The smallest absolute Gasteiger partial charge is 0.312 e. The van der Waals surface area contributed by atoms with Gasteiger partial charge in [-0.05, 0) is 29.2 Å². The highest BCUT2D eigenvalue weighted by molar-refractivity contribution is 6.05. The molecule has 0 radical (unpaired) electrons. The predicted molar refractivity (Wildman–Crippen MR) is 121 cm³/mol. The summed E-state index contributed by atoms with van der Waals surface area (Å²) in [6.45, 7) is 0.542. The van der Waals surface area contributed by atoms with Crippen LogP contribution in [0.1, 0.15) is 45.8 Å². The van der Waals surface area contributed by atoms with Crippen LogP contribution in [-0.2, 0) is 27.5 Å². The number of nitrogens with two attached hydrogens (primary N) is 1. The number of fused-ring (bicyclic) bond motifs is 1. The highest BCUT2D eigenvalue weighted by atomic mass is 16.2.